The fourth-order valence-corrected chi connectivity index (χ4v) is 5.34. The summed E-state index contributed by atoms with van der Waals surface area (Å²) in [5.74, 6) is 1.43. The van der Waals surface area contributed by atoms with Gasteiger partial charge in [-0.25, -0.2) is 0 Å². The lowest BCUT2D eigenvalue weighted by molar-refractivity contribution is -0.137. The summed E-state index contributed by atoms with van der Waals surface area (Å²) in [7, 11) is 4.20. The van der Waals surface area contributed by atoms with E-state index in [1.807, 2.05) is 0 Å². The standard InChI is InChI=1S/C22H30F3N3/c1-14-18-13-28(9-4-8-27(2)3)10-7-15(18)11-20-21(14)17-12-16(22(23,24)25)5-6-19(17)26-20/h5-6,12,14-15,18,26H,4,7-11,13H2,1-3H3/t14?,15-,18?/m0/s1. The van der Waals surface area contributed by atoms with E-state index in [-0.39, 0.29) is 5.92 Å². The molecular weight excluding hydrogens is 363 g/mol. The zero-order chi connectivity index (χ0) is 20.1. The third-order valence-corrected chi connectivity index (χ3v) is 6.78. The van der Waals surface area contributed by atoms with Crippen LogP contribution in [0.3, 0.4) is 0 Å². The Bertz CT molecular complexity index is 839. The number of nitrogens with zero attached hydrogens (tertiary/aromatic N) is 2. The highest BCUT2D eigenvalue weighted by molar-refractivity contribution is 5.86. The SMILES string of the molecule is CC1c2c([nH]c3ccc(C(F)(F)F)cc23)C[C@@H]2CCN(CCCN(C)C)CC12. The number of benzene rings is 1. The number of alkyl halides is 3. The number of rotatable bonds is 4. The molecule has 2 unspecified atom stereocenters. The minimum Gasteiger partial charge on any atom is -0.358 e. The van der Waals surface area contributed by atoms with Gasteiger partial charge in [0.2, 0.25) is 0 Å². The van der Waals surface area contributed by atoms with Crippen LogP contribution in [-0.4, -0.2) is 55.1 Å². The van der Waals surface area contributed by atoms with Gasteiger partial charge in [0.15, 0.2) is 0 Å². The lowest BCUT2D eigenvalue weighted by atomic mass is 9.68. The van der Waals surface area contributed by atoms with E-state index in [1.54, 1.807) is 6.07 Å². The average molecular weight is 393 g/mol. The maximum Gasteiger partial charge on any atom is 0.416 e. The second kappa shape index (κ2) is 7.38. The number of aromatic nitrogens is 1. The minimum atomic E-state index is -4.30. The second-order valence-electron chi connectivity index (χ2n) is 8.94. The van der Waals surface area contributed by atoms with Crippen LogP contribution in [-0.2, 0) is 12.6 Å². The number of likely N-dealkylation sites (tertiary alicyclic amines) is 1. The van der Waals surface area contributed by atoms with Gasteiger partial charge in [0, 0.05) is 23.1 Å². The van der Waals surface area contributed by atoms with Crippen LogP contribution >= 0.6 is 0 Å². The third kappa shape index (κ3) is 3.69. The molecule has 1 saturated heterocycles. The fraction of sp³-hybridized carbons (Fsp3) is 0.636. The minimum absolute atomic E-state index is 0.280. The van der Waals surface area contributed by atoms with Gasteiger partial charge < -0.3 is 14.8 Å². The third-order valence-electron chi connectivity index (χ3n) is 6.78. The zero-order valence-electron chi connectivity index (χ0n) is 16.9. The predicted molar refractivity (Wildman–Crippen MR) is 107 cm³/mol. The molecule has 1 N–H and O–H groups in total. The summed E-state index contributed by atoms with van der Waals surface area (Å²) in [6, 6.07) is 4.13. The first kappa shape index (κ1) is 19.8. The molecule has 1 aliphatic heterocycles. The molecule has 0 spiro atoms. The van der Waals surface area contributed by atoms with Crippen LogP contribution in [0.15, 0.2) is 18.2 Å². The van der Waals surface area contributed by atoms with Gasteiger partial charge in [-0.05, 0) is 94.5 Å². The highest BCUT2D eigenvalue weighted by Gasteiger charge is 2.40. The van der Waals surface area contributed by atoms with Gasteiger partial charge in [0.1, 0.15) is 0 Å². The molecule has 3 nitrogen and oxygen atoms in total. The number of hydrogen-bond donors (Lipinski definition) is 1. The van der Waals surface area contributed by atoms with Crippen LogP contribution < -0.4 is 0 Å². The van der Waals surface area contributed by atoms with Crippen molar-refractivity contribution in [3.05, 3.63) is 35.0 Å². The molecule has 1 aromatic heterocycles. The summed E-state index contributed by atoms with van der Waals surface area (Å²) in [6.45, 7) is 6.60. The molecular formula is C22H30F3N3. The number of nitrogens with one attached hydrogen (secondary N) is 1. The van der Waals surface area contributed by atoms with Crippen molar-refractivity contribution in [1.82, 2.24) is 14.8 Å². The topological polar surface area (TPSA) is 22.3 Å². The Hall–Kier alpha value is -1.53. The van der Waals surface area contributed by atoms with Gasteiger partial charge >= 0.3 is 6.18 Å². The van der Waals surface area contributed by atoms with Crippen molar-refractivity contribution in [2.75, 3.05) is 40.3 Å². The van der Waals surface area contributed by atoms with Crippen molar-refractivity contribution in [1.29, 1.82) is 0 Å². The molecule has 0 radical (unpaired) electrons. The molecule has 6 heteroatoms. The molecule has 0 saturated carbocycles. The highest BCUT2D eigenvalue weighted by Crippen LogP contribution is 2.46. The summed E-state index contributed by atoms with van der Waals surface area (Å²) in [5, 5.41) is 0.764. The molecule has 154 valence electrons. The summed E-state index contributed by atoms with van der Waals surface area (Å²) < 4.78 is 39.7. The Morgan fingerprint density at radius 2 is 2.04 bits per heavy atom. The quantitative estimate of drug-likeness (QED) is 0.811. The first-order chi connectivity index (χ1) is 13.2. The number of H-pyrrole nitrogens is 1. The Morgan fingerprint density at radius 1 is 1.25 bits per heavy atom. The van der Waals surface area contributed by atoms with Crippen molar-refractivity contribution in [3.63, 3.8) is 0 Å². The number of hydrogen-bond acceptors (Lipinski definition) is 2. The largest absolute Gasteiger partial charge is 0.416 e. The highest BCUT2D eigenvalue weighted by atomic mass is 19.4. The molecule has 28 heavy (non-hydrogen) atoms. The first-order valence-electron chi connectivity index (χ1n) is 10.3. The molecule has 0 bridgehead atoms. The summed E-state index contributed by atoms with van der Waals surface area (Å²) in [4.78, 5) is 8.20. The van der Waals surface area contributed by atoms with Crippen molar-refractivity contribution in [2.24, 2.45) is 11.8 Å². The zero-order valence-corrected chi connectivity index (χ0v) is 16.9. The van der Waals surface area contributed by atoms with Gasteiger partial charge in [-0.3, -0.25) is 0 Å². The summed E-state index contributed by atoms with van der Waals surface area (Å²) in [6.07, 6.45) is -0.996. The van der Waals surface area contributed by atoms with Crippen LogP contribution in [0.1, 0.15) is 42.5 Å². The van der Waals surface area contributed by atoms with E-state index in [9.17, 15) is 13.2 Å². The first-order valence-corrected chi connectivity index (χ1v) is 10.3. The fourth-order valence-electron chi connectivity index (χ4n) is 5.34. The van der Waals surface area contributed by atoms with Gasteiger partial charge in [0.05, 0.1) is 5.56 Å². The van der Waals surface area contributed by atoms with Crippen LogP contribution in [0.5, 0.6) is 0 Å². The Morgan fingerprint density at radius 3 is 2.75 bits per heavy atom. The van der Waals surface area contributed by atoms with E-state index in [2.05, 4.69) is 35.8 Å². The maximum absolute atomic E-state index is 13.2. The smallest absolute Gasteiger partial charge is 0.358 e. The summed E-state index contributed by atoms with van der Waals surface area (Å²) in [5.41, 5.74) is 2.57. The van der Waals surface area contributed by atoms with E-state index in [4.69, 9.17) is 0 Å². The summed E-state index contributed by atoms with van der Waals surface area (Å²) >= 11 is 0. The van der Waals surface area contributed by atoms with Gasteiger partial charge in [-0.1, -0.05) is 6.92 Å². The Balaban J connectivity index is 1.59. The van der Waals surface area contributed by atoms with Crippen LogP contribution in [0.25, 0.3) is 10.9 Å². The Kier molecular flexibility index (Phi) is 5.21. The van der Waals surface area contributed by atoms with Gasteiger partial charge in [0.25, 0.3) is 0 Å². The molecule has 2 aromatic rings. The van der Waals surface area contributed by atoms with Gasteiger partial charge in [-0.15, -0.1) is 0 Å². The van der Waals surface area contributed by atoms with Crippen molar-refractivity contribution >= 4 is 10.9 Å². The molecule has 1 aromatic carbocycles. The molecule has 0 amide bonds. The van der Waals surface area contributed by atoms with Crippen molar-refractivity contribution in [3.8, 4) is 0 Å². The van der Waals surface area contributed by atoms with Gasteiger partial charge in [-0.2, -0.15) is 13.2 Å². The van der Waals surface area contributed by atoms with E-state index < -0.39 is 11.7 Å². The van der Waals surface area contributed by atoms with E-state index >= 15 is 0 Å². The molecule has 1 fully saturated rings. The van der Waals surface area contributed by atoms with Crippen molar-refractivity contribution < 1.29 is 13.2 Å². The number of halogens is 3. The molecule has 2 heterocycles. The normalized spacial score (nSPS) is 25.9. The number of fused-ring (bicyclic) bond motifs is 4. The number of piperidine rings is 1. The second-order valence-corrected chi connectivity index (χ2v) is 8.94. The van der Waals surface area contributed by atoms with Crippen molar-refractivity contribution in [2.45, 2.75) is 38.3 Å². The van der Waals surface area contributed by atoms with Crippen LogP contribution in [0.2, 0.25) is 0 Å². The molecule has 3 atom stereocenters. The molecule has 1 aliphatic carbocycles. The lowest BCUT2D eigenvalue weighted by Crippen LogP contribution is -2.45. The maximum atomic E-state index is 13.2. The predicted octanol–water partition coefficient (Wildman–Crippen LogP) is 4.74. The molecule has 2 aliphatic rings. The monoisotopic (exact) mass is 393 g/mol. The average Bonchev–Trinajstić information content (AvgIpc) is 2.99. The van der Waals surface area contributed by atoms with Crippen LogP contribution in [0, 0.1) is 11.8 Å². The lowest BCUT2D eigenvalue weighted by Gasteiger charge is -2.44. The Labute approximate surface area is 164 Å². The van der Waals surface area contributed by atoms with E-state index in [1.165, 1.54) is 18.6 Å². The van der Waals surface area contributed by atoms with E-state index in [0.717, 1.165) is 61.2 Å². The van der Waals surface area contributed by atoms with E-state index in [0.29, 0.717) is 11.8 Å². The number of aromatic amines is 1. The van der Waals surface area contributed by atoms with Crippen LogP contribution in [0.4, 0.5) is 13.2 Å². The molecule has 4 rings (SSSR count).